The second-order valence-corrected chi connectivity index (χ2v) is 8.08. The zero-order valence-corrected chi connectivity index (χ0v) is 13.8. The average molecular weight is 343 g/mol. The summed E-state index contributed by atoms with van der Waals surface area (Å²) in [5, 5.41) is 0. The molecule has 0 saturated carbocycles. The molecule has 24 heavy (non-hydrogen) atoms. The van der Waals surface area contributed by atoms with Crippen molar-refractivity contribution in [1.29, 1.82) is 0 Å². The van der Waals surface area contributed by atoms with Gasteiger partial charge in [-0.15, -0.1) is 0 Å². The molecule has 5 nitrogen and oxygen atoms in total. The summed E-state index contributed by atoms with van der Waals surface area (Å²) in [4.78, 5) is 12.4. The number of benzene rings is 2. The Labute approximate surface area is 140 Å². The van der Waals surface area contributed by atoms with E-state index in [1.807, 2.05) is 18.2 Å². The van der Waals surface area contributed by atoms with Gasteiger partial charge < -0.3 is 4.74 Å². The number of esters is 1. The maximum absolute atomic E-state index is 12.7. The lowest BCUT2D eigenvalue weighted by Crippen LogP contribution is -2.45. The summed E-state index contributed by atoms with van der Waals surface area (Å²) in [6.45, 7) is 0.664. The molecule has 2 aliphatic heterocycles. The van der Waals surface area contributed by atoms with Gasteiger partial charge in [0.1, 0.15) is 5.60 Å². The molecule has 1 fully saturated rings. The molecule has 1 saturated heterocycles. The Bertz CT molecular complexity index is 884. The van der Waals surface area contributed by atoms with Gasteiger partial charge in [-0.1, -0.05) is 36.4 Å². The lowest BCUT2D eigenvalue weighted by atomic mass is 9.84. The number of hydrogen-bond acceptors (Lipinski definition) is 4. The Hall–Kier alpha value is -2.18. The molecular formula is C18H17NO4S. The first-order chi connectivity index (χ1) is 11.5. The van der Waals surface area contributed by atoms with Gasteiger partial charge in [-0.3, -0.25) is 0 Å². The number of rotatable bonds is 2. The molecular weight excluding hydrogens is 326 g/mol. The van der Waals surface area contributed by atoms with Crippen LogP contribution < -0.4 is 0 Å². The number of carbonyl (C=O) groups is 1. The fourth-order valence-corrected chi connectivity index (χ4v) is 5.01. The van der Waals surface area contributed by atoms with Gasteiger partial charge in [0.2, 0.25) is 10.0 Å². The molecule has 0 aliphatic carbocycles. The van der Waals surface area contributed by atoms with E-state index in [-0.39, 0.29) is 5.97 Å². The van der Waals surface area contributed by atoms with Gasteiger partial charge in [0.15, 0.2) is 0 Å². The van der Waals surface area contributed by atoms with E-state index in [0.29, 0.717) is 36.4 Å². The number of sulfonamides is 1. The van der Waals surface area contributed by atoms with Crippen LogP contribution >= 0.6 is 0 Å². The lowest BCUT2D eigenvalue weighted by Gasteiger charge is -2.37. The van der Waals surface area contributed by atoms with Crippen molar-refractivity contribution in [2.45, 2.75) is 23.3 Å². The van der Waals surface area contributed by atoms with Crippen molar-refractivity contribution in [2.24, 2.45) is 0 Å². The summed E-state index contributed by atoms with van der Waals surface area (Å²) in [5.74, 6) is -0.315. The standard InChI is InChI=1S/C18H17NO4S/c20-17-15-8-4-5-9-16(15)18(23-17)10-12-19(13-11-18)24(21,22)14-6-2-1-3-7-14/h1-9H,10-13H2. The molecule has 1 spiro atoms. The van der Waals surface area contributed by atoms with Gasteiger partial charge in [-0.05, 0) is 18.2 Å². The van der Waals surface area contributed by atoms with Crippen LogP contribution in [0, 0.1) is 0 Å². The van der Waals surface area contributed by atoms with Gasteiger partial charge in [-0.2, -0.15) is 4.31 Å². The largest absolute Gasteiger partial charge is 0.450 e. The van der Waals surface area contributed by atoms with E-state index in [1.165, 1.54) is 4.31 Å². The first-order valence-electron chi connectivity index (χ1n) is 7.91. The summed E-state index contributed by atoms with van der Waals surface area (Å²) in [6.07, 6.45) is 0.948. The van der Waals surface area contributed by atoms with Crippen LogP contribution in [0.15, 0.2) is 59.5 Å². The van der Waals surface area contributed by atoms with E-state index in [0.717, 1.165) is 5.56 Å². The number of fused-ring (bicyclic) bond motifs is 2. The predicted octanol–water partition coefficient (Wildman–Crippen LogP) is 2.54. The summed E-state index contributed by atoms with van der Waals surface area (Å²) in [5.41, 5.74) is 0.791. The van der Waals surface area contributed by atoms with Crippen molar-refractivity contribution in [3.8, 4) is 0 Å². The van der Waals surface area contributed by atoms with Crippen LogP contribution in [-0.4, -0.2) is 31.8 Å². The smallest absolute Gasteiger partial charge is 0.339 e. The van der Waals surface area contributed by atoms with E-state index >= 15 is 0 Å². The lowest BCUT2D eigenvalue weighted by molar-refractivity contribution is -0.0329. The van der Waals surface area contributed by atoms with Crippen LogP contribution in [0.3, 0.4) is 0 Å². The summed E-state index contributed by atoms with van der Waals surface area (Å²) in [7, 11) is -3.51. The van der Waals surface area contributed by atoms with Crippen molar-refractivity contribution >= 4 is 16.0 Å². The van der Waals surface area contributed by atoms with Crippen LogP contribution in [0.1, 0.15) is 28.8 Å². The zero-order valence-electron chi connectivity index (χ0n) is 13.0. The minimum Gasteiger partial charge on any atom is -0.450 e. The zero-order chi connectivity index (χ0) is 16.8. The molecule has 0 aromatic heterocycles. The van der Waals surface area contributed by atoms with Crippen LogP contribution in [0.25, 0.3) is 0 Å². The molecule has 0 atom stereocenters. The van der Waals surface area contributed by atoms with Gasteiger partial charge in [-0.25, -0.2) is 13.2 Å². The third-order valence-corrected chi connectivity index (χ3v) is 6.75. The Morgan fingerprint density at radius 2 is 1.54 bits per heavy atom. The van der Waals surface area contributed by atoms with Crippen molar-refractivity contribution < 1.29 is 17.9 Å². The highest BCUT2D eigenvalue weighted by atomic mass is 32.2. The maximum Gasteiger partial charge on any atom is 0.339 e. The first kappa shape index (κ1) is 15.4. The monoisotopic (exact) mass is 343 g/mol. The number of hydrogen-bond donors (Lipinski definition) is 0. The minimum absolute atomic E-state index is 0.296. The fraction of sp³-hybridized carbons (Fsp3) is 0.278. The first-order valence-corrected chi connectivity index (χ1v) is 9.35. The molecule has 0 radical (unpaired) electrons. The normalized spacial score (nSPS) is 19.9. The SMILES string of the molecule is O=C1OC2(CCN(S(=O)(=O)c3ccccc3)CC2)c2ccccc21. The number of ether oxygens (including phenoxy) is 1. The van der Waals surface area contributed by atoms with Crippen molar-refractivity contribution in [3.05, 3.63) is 65.7 Å². The highest BCUT2D eigenvalue weighted by Gasteiger charge is 2.48. The van der Waals surface area contributed by atoms with Gasteiger partial charge in [0.25, 0.3) is 0 Å². The molecule has 4 rings (SSSR count). The van der Waals surface area contributed by atoms with Crippen LogP contribution in [0.5, 0.6) is 0 Å². The van der Waals surface area contributed by atoms with Crippen molar-refractivity contribution in [3.63, 3.8) is 0 Å². The number of piperidine rings is 1. The van der Waals surface area contributed by atoms with Crippen LogP contribution in [0.4, 0.5) is 0 Å². The molecule has 0 unspecified atom stereocenters. The fourth-order valence-electron chi connectivity index (χ4n) is 3.55. The molecule has 0 bridgehead atoms. The number of nitrogens with zero attached hydrogens (tertiary/aromatic N) is 1. The quantitative estimate of drug-likeness (QED) is 0.786. The van der Waals surface area contributed by atoms with Crippen molar-refractivity contribution in [2.75, 3.05) is 13.1 Å². The van der Waals surface area contributed by atoms with E-state index in [4.69, 9.17) is 4.74 Å². The third-order valence-electron chi connectivity index (χ3n) is 4.84. The topological polar surface area (TPSA) is 63.7 Å². The van der Waals surface area contributed by atoms with Crippen LogP contribution in [0.2, 0.25) is 0 Å². The third kappa shape index (κ3) is 2.25. The van der Waals surface area contributed by atoms with Crippen molar-refractivity contribution in [1.82, 2.24) is 4.31 Å². The average Bonchev–Trinajstić information content (AvgIpc) is 2.89. The molecule has 6 heteroatoms. The van der Waals surface area contributed by atoms with E-state index in [1.54, 1.807) is 36.4 Å². The minimum atomic E-state index is -3.51. The van der Waals surface area contributed by atoms with Gasteiger partial charge in [0, 0.05) is 31.5 Å². The Morgan fingerprint density at radius 1 is 0.917 bits per heavy atom. The Morgan fingerprint density at radius 3 is 2.25 bits per heavy atom. The highest BCUT2D eigenvalue weighted by molar-refractivity contribution is 7.89. The van der Waals surface area contributed by atoms with E-state index < -0.39 is 15.6 Å². The van der Waals surface area contributed by atoms with E-state index in [9.17, 15) is 13.2 Å². The molecule has 2 heterocycles. The highest BCUT2D eigenvalue weighted by Crippen LogP contribution is 2.44. The second kappa shape index (κ2) is 5.43. The Kier molecular flexibility index (Phi) is 3.47. The predicted molar refractivity (Wildman–Crippen MR) is 88.0 cm³/mol. The molecule has 0 N–H and O–H groups in total. The molecule has 124 valence electrons. The van der Waals surface area contributed by atoms with Crippen LogP contribution in [-0.2, 0) is 20.4 Å². The summed E-state index contributed by atoms with van der Waals surface area (Å²) < 4.78 is 32.6. The second-order valence-electron chi connectivity index (χ2n) is 6.15. The van der Waals surface area contributed by atoms with Gasteiger partial charge >= 0.3 is 5.97 Å². The summed E-state index contributed by atoms with van der Waals surface area (Å²) >= 11 is 0. The van der Waals surface area contributed by atoms with Gasteiger partial charge in [0.05, 0.1) is 10.5 Å². The Balaban J connectivity index is 1.60. The van der Waals surface area contributed by atoms with E-state index in [2.05, 4.69) is 0 Å². The number of carbonyl (C=O) groups excluding carboxylic acids is 1. The molecule has 0 amide bonds. The molecule has 2 aromatic rings. The molecule has 2 aromatic carbocycles. The molecule has 2 aliphatic rings. The summed E-state index contributed by atoms with van der Waals surface area (Å²) in [6, 6.07) is 15.8. The maximum atomic E-state index is 12.7.